The van der Waals surface area contributed by atoms with Gasteiger partial charge in [-0.15, -0.1) is 0 Å². The Morgan fingerprint density at radius 2 is 1.96 bits per heavy atom. The monoisotopic (exact) mass is 336 g/mol. The van der Waals surface area contributed by atoms with Crippen molar-refractivity contribution in [2.75, 3.05) is 0 Å². The highest BCUT2D eigenvalue weighted by Gasteiger charge is 2.22. The third-order valence-corrected chi connectivity index (χ3v) is 4.08. The average molecular weight is 336 g/mol. The Balaban J connectivity index is 1.76. The topological polar surface area (TPSA) is 59.8 Å². The maximum absolute atomic E-state index is 12.6. The summed E-state index contributed by atoms with van der Waals surface area (Å²) in [4.78, 5) is 16.8. The second-order valence-electron chi connectivity index (χ2n) is 7.53. The number of hydrogen-bond donors (Lipinski definition) is 1. The molecule has 1 N–H and O–H groups in total. The summed E-state index contributed by atoms with van der Waals surface area (Å²) in [5, 5.41) is 8.52. The summed E-state index contributed by atoms with van der Waals surface area (Å²) in [6, 6.07) is 11.7. The van der Waals surface area contributed by atoms with Gasteiger partial charge in [0.1, 0.15) is 6.54 Å². The molecule has 3 aromatic rings. The van der Waals surface area contributed by atoms with E-state index in [0.29, 0.717) is 0 Å². The third kappa shape index (κ3) is 4.44. The van der Waals surface area contributed by atoms with Gasteiger partial charge in [-0.1, -0.05) is 45.0 Å². The number of carbonyl (C=O) groups excluding carboxylic acids is 1. The molecule has 25 heavy (non-hydrogen) atoms. The standard InChI is InChI=1S/C20H24N4O/c1-20(2,3)11-17(15-8-6-10-21-12-15)23-19(25)14-24-18-9-5-4-7-16(18)13-22-24/h4-10,12-13,17H,11,14H2,1-3H3,(H,23,25). The Morgan fingerprint density at radius 1 is 1.16 bits per heavy atom. The summed E-state index contributed by atoms with van der Waals surface area (Å²) in [5.41, 5.74) is 2.08. The van der Waals surface area contributed by atoms with E-state index in [2.05, 4.69) is 36.2 Å². The van der Waals surface area contributed by atoms with Gasteiger partial charge in [0.2, 0.25) is 5.91 Å². The summed E-state index contributed by atoms with van der Waals surface area (Å²) in [7, 11) is 0. The van der Waals surface area contributed by atoms with E-state index in [1.54, 1.807) is 17.1 Å². The van der Waals surface area contributed by atoms with Gasteiger partial charge in [-0.25, -0.2) is 0 Å². The van der Waals surface area contributed by atoms with Crippen LogP contribution in [0, 0.1) is 5.41 Å². The zero-order chi connectivity index (χ0) is 17.9. The minimum absolute atomic E-state index is 0.0491. The summed E-state index contributed by atoms with van der Waals surface area (Å²) < 4.78 is 1.74. The zero-order valence-corrected chi connectivity index (χ0v) is 14.9. The lowest BCUT2D eigenvalue weighted by Crippen LogP contribution is -2.34. The molecule has 5 nitrogen and oxygen atoms in total. The Kier molecular flexibility index (Phi) is 4.83. The number of nitrogens with one attached hydrogen (secondary N) is 1. The maximum atomic E-state index is 12.6. The van der Waals surface area contributed by atoms with Crippen LogP contribution in [-0.2, 0) is 11.3 Å². The van der Waals surface area contributed by atoms with Gasteiger partial charge in [0, 0.05) is 17.8 Å². The van der Waals surface area contributed by atoms with E-state index in [4.69, 9.17) is 0 Å². The number of amides is 1. The Labute approximate surface area is 148 Å². The number of benzene rings is 1. The van der Waals surface area contributed by atoms with Crippen molar-refractivity contribution >= 4 is 16.8 Å². The smallest absolute Gasteiger partial charge is 0.242 e. The van der Waals surface area contributed by atoms with E-state index in [1.807, 2.05) is 42.6 Å². The highest BCUT2D eigenvalue weighted by atomic mass is 16.2. The van der Waals surface area contributed by atoms with Gasteiger partial charge in [-0.2, -0.15) is 5.10 Å². The van der Waals surface area contributed by atoms with Gasteiger partial charge in [0.05, 0.1) is 17.8 Å². The lowest BCUT2D eigenvalue weighted by atomic mass is 9.86. The third-order valence-electron chi connectivity index (χ3n) is 4.08. The zero-order valence-electron chi connectivity index (χ0n) is 14.9. The lowest BCUT2D eigenvalue weighted by Gasteiger charge is -2.27. The van der Waals surface area contributed by atoms with Crippen molar-refractivity contribution in [1.82, 2.24) is 20.1 Å². The molecule has 0 aliphatic heterocycles. The van der Waals surface area contributed by atoms with Crippen LogP contribution in [0.25, 0.3) is 10.9 Å². The molecule has 0 aliphatic rings. The molecule has 3 rings (SSSR count). The minimum Gasteiger partial charge on any atom is -0.348 e. The van der Waals surface area contributed by atoms with Gasteiger partial charge in [0.25, 0.3) is 0 Å². The summed E-state index contributed by atoms with van der Waals surface area (Å²) in [6.45, 7) is 6.71. The van der Waals surface area contributed by atoms with Crippen molar-refractivity contribution in [1.29, 1.82) is 0 Å². The molecule has 0 spiro atoms. The molecule has 0 fully saturated rings. The van der Waals surface area contributed by atoms with Crippen molar-refractivity contribution in [3.05, 3.63) is 60.6 Å². The van der Waals surface area contributed by atoms with Crippen molar-refractivity contribution < 1.29 is 4.79 Å². The van der Waals surface area contributed by atoms with Crippen molar-refractivity contribution in [2.24, 2.45) is 5.41 Å². The van der Waals surface area contributed by atoms with E-state index < -0.39 is 0 Å². The van der Waals surface area contributed by atoms with Crippen molar-refractivity contribution in [3.8, 4) is 0 Å². The van der Waals surface area contributed by atoms with Crippen LogP contribution in [0.15, 0.2) is 55.0 Å². The molecule has 0 radical (unpaired) electrons. The second kappa shape index (κ2) is 7.05. The predicted octanol–water partition coefficient (Wildman–Crippen LogP) is 3.73. The fourth-order valence-electron chi connectivity index (χ4n) is 2.97. The van der Waals surface area contributed by atoms with Gasteiger partial charge >= 0.3 is 0 Å². The van der Waals surface area contributed by atoms with Crippen LogP contribution in [0.3, 0.4) is 0 Å². The number of pyridine rings is 1. The summed E-state index contributed by atoms with van der Waals surface area (Å²) in [5.74, 6) is -0.0491. The first-order valence-electron chi connectivity index (χ1n) is 8.52. The predicted molar refractivity (Wildman–Crippen MR) is 98.9 cm³/mol. The summed E-state index contributed by atoms with van der Waals surface area (Å²) >= 11 is 0. The number of para-hydroxylation sites is 1. The van der Waals surface area contributed by atoms with E-state index in [1.165, 1.54) is 0 Å². The highest BCUT2D eigenvalue weighted by Crippen LogP contribution is 2.29. The Bertz CT molecular complexity index is 849. The van der Waals surface area contributed by atoms with Crippen LogP contribution in [0.2, 0.25) is 0 Å². The second-order valence-corrected chi connectivity index (χ2v) is 7.53. The van der Waals surface area contributed by atoms with Gasteiger partial charge in [-0.3, -0.25) is 14.5 Å². The molecule has 1 amide bonds. The first kappa shape index (κ1) is 17.1. The van der Waals surface area contributed by atoms with E-state index in [-0.39, 0.29) is 23.9 Å². The van der Waals surface area contributed by atoms with E-state index in [9.17, 15) is 4.79 Å². The molecule has 0 saturated carbocycles. The first-order chi connectivity index (χ1) is 11.9. The fraction of sp³-hybridized carbons (Fsp3) is 0.350. The number of carbonyl (C=O) groups is 1. The minimum atomic E-state index is -0.0666. The van der Waals surface area contributed by atoms with Gasteiger partial charge < -0.3 is 5.32 Å². The average Bonchev–Trinajstić information content (AvgIpc) is 2.97. The molecule has 0 bridgehead atoms. The normalized spacial score (nSPS) is 12.9. The Morgan fingerprint density at radius 3 is 2.68 bits per heavy atom. The number of rotatable bonds is 5. The number of hydrogen-bond acceptors (Lipinski definition) is 3. The molecule has 5 heteroatoms. The maximum Gasteiger partial charge on any atom is 0.242 e. The molecule has 1 atom stereocenters. The number of nitrogens with zero attached hydrogens (tertiary/aromatic N) is 3. The SMILES string of the molecule is CC(C)(C)CC(NC(=O)Cn1ncc2ccccc21)c1cccnc1. The van der Waals surface area contributed by atoms with Crippen LogP contribution in [0.1, 0.15) is 38.8 Å². The van der Waals surface area contributed by atoms with Crippen LogP contribution in [-0.4, -0.2) is 20.7 Å². The fourth-order valence-corrected chi connectivity index (χ4v) is 2.97. The Hall–Kier alpha value is -2.69. The van der Waals surface area contributed by atoms with Crippen LogP contribution in [0.4, 0.5) is 0 Å². The highest BCUT2D eigenvalue weighted by molar-refractivity contribution is 5.82. The van der Waals surface area contributed by atoms with Gasteiger partial charge in [0.15, 0.2) is 0 Å². The van der Waals surface area contributed by atoms with Crippen molar-refractivity contribution in [2.45, 2.75) is 39.8 Å². The van der Waals surface area contributed by atoms with Crippen LogP contribution in [0.5, 0.6) is 0 Å². The molecule has 0 saturated heterocycles. The number of fused-ring (bicyclic) bond motifs is 1. The van der Waals surface area contributed by atoms with E-state index >= 15 is 0 Å². The molecular formula is C20H24N4O. The largest absolute Gasteiger partial charge is 0.348 e. The van der Waals surface area contributed by atoms with Crippen LogP contribution >= 0.6 is 0 Å². The van der Waals surface area contributed by atoms with Crippen molar-refractivity contribution in [3.63, 3.8) is 0 Å². The first-order valence-corrected chi connectivity index (χ1v) is 8.52. The van der Waals surface area contributed by atoms with Crippen LogP contribution < -0.4 is 5.32 Å². The molecular weight excluding hydrogens is 312 g/mol. The molecule has 1 aromatic carbocycles. The van der Waals surface area contributed by atoms with Gasteiger partial charge in [-0.05, 0) is 29.5 Å². The summed E-state index contributed by atoms with van der Waals surface area (Å²) in [6.07, 6.45) is 6.19. The molecule has 0 aliphatic carbocycles. The molecule has 130 valence electrons. The van der Waals surface area contributed by atoms with E-state index in [0.717, 1.165) is 22.9 Å². The molecule has 2 heterocycles. The quantitative estimate of drug-likeness (QED) is 0.772. The lowest BCUT2D eigenvalue weighted by molar-refractivity contribution is -0.122. The molecule has 1 unspecified atom stereocenters. The molecule has 2 aromatic heterocycles. The number of aromatic nitrogens is 3.